The zero-order valence-corrected chi connectivity index (χ0v) is 15.2. The fourth-order valence-corrected chi connectivity index (χ4v) is 3.64. The van der Waals surface area contributed by atoms with Crippen LogP contribution in [0.3, 0.4) is 0 Å². The molecule has 7 heteroatoms. The van der Waals surface area contributed by atoms with E-state index in [1.807, 2.05) is 37.3 Å². The summed E-state index contributed by atoms with van der Waals surface area (Å²) in [6.07, 6.45) is 3.06. The molecule has 0 saturated heterocycles. The Kier molecular flexibility index (Phi) is 4.43. The molecule has 0 aliphatic rings. The minimum absolute atomic E-state index is 0.217. The van der Waals surface area contributed by atoms with Crippen LogP contribution in [0.4, 0.5) is 10.7 Å². The van der Waals surface area contributed by atoms with Gasteiger partial charge in [0.25, 0.3) is 11.8 Å². The van der Waals surface area contributed by atoms with E-state index < -0.39 is 0 Å². The molecule has 0 aliphatic carbocycles. The topological polar surface area (TPSA) is 84.2 Å². The molecule has 2 amide bonds. The molecule has 4 aromatic rings. The van der Waals surface area contributed by atoms with Gasteiger partial charge in [-0.3, -0.25) is 14.6 Å². The van der Waals surface area contributed by atoms with Crippen LogP contribution in [0.2, 0.25) is 0 Å². The number of pyridine rings is 1. The van der Waals surface area contributed by atoms with Crippen LogP contribution in [0.25, 0.3) is 10.9 Å². The summed E-state index contributed by atoms with van der Waals surface area (Å²) in [5.74, 6) is -0.380. The lowest BCUT2D eigenvalue weighted by atomic mass is 10.2. The summed E-state index contributed by atoms with van der Waals surface area (Å²) in [7, 11) is 0. The van der Waals surface area contributed by atoms with Crippen molar-refractivity contribution in [2.24, 2.45) is 0 Å². The summed E-state index contributed by atoms with van der Waals surface area (Å²) in [5.41, 5.74) is 2.26. The molecular formula is C20H15N3O3S. The molecule has 4 rings (SSSR count). The predicted molar refractivity (Wildman–Crippen MR) is 105 cm³/mol. The van der Waals surface area contributed by atoms with E-state index in [4.69, 9.17) is 4.42 Å². The number of thiophene rings is 1. The summed E-state index contributed by atoms with van der Waals surface area (Å²) in [5, 5.41) is 7.13. The lowest BCUT2D eigenvalue weighted by molar-refractivity contribution is 0.0995. The Bertz CT molecular complexity index is 1130. The molecule has 0 spiro atoms. The Labute approximate surface area is 158 Å². The van der Waals surface area contributed by atoms with Gasteiger partial charge >= 0.3 is 0 Å². The first-order chi connectivity index (χ1) is 13.1. The van der Waals surface area contributed by atoms with E-state index in [9.17, 15) is 9.59 Å². The van der Waals surface area contributed by atoms with E-state index in [0.717, 1.165) is 16.5 Å². The number of anilines is 2. The Hall–Kier alpha value is -3.45. The number of carbonyl (C=O) groups is 2. The molecule has 27 heavy (non-hydrogen) atoms. The van der Waals surface area contributed by atoms with Crippen molar-refractivity contribution in [1.29, 1.82) is 0 Å². The Morgan fingerprint density at radius 1 is 1.04 bits per heavy atom. The third-order valence-electron chi connectivity index (χ3n) is 3.95. The number of hydrogen-bond donors (Lipinski definition) is 2. The van der Waals surface area contributed by atoms with Gasteiger partial charge in [0, 0.05) is 5.39 Å². The van der Waals surface area contributed by atoms with Gasteiger partial charge in [0.2, 0.25) is 0 Å². The van der Waals surface area contributed by atoms with Crippen LogP contribution in [0, 0.1) is 6.92 Å². The van der Waals surface area contributed by atoms with Crippen LogP contribution in [0.1, 0.15) is 25.8 Å². The lowest BCUT2D eigenvalue weighted by Gasteiger charge is -2.05. The molecule has 6 nitrogen and oxygen atoms in total. The summed E-state index contributed by atoms with van der Waals surface area (Å²) in [4.78, 5) is 29.6. The number of amides is 2. The highest BCUT2D eigenvalue weighted by Gasteiger charge is 2.17. The van der Waals surface area contributed by atoms with Gasteiger partial charge in [-0.15, -0.1) is 11.3 Å². The highest BCUT2D eigenvalue weighted by molar-refractivity contribution is 7.18. The Morgan fingerprint density at radius 3 is 2.70 bits per heavy atom. The molecule has 0 fully saturated rings. The number of furan rings is 1. The minimum atomic E-state index is -0.355. The second-order valence-corrected chi connectivity index (χ2v) is 6.98. The summed E-state index contributed by atoms with van der Waals surface area (Å²) in [6.45, 7) is 1.83. The van der Waals surface area contributed by atoms with E-state index in [1.165, 1.54) is 17.6 Å². The predicted octanol–water partition coefficient (Wildman–Crippen LogP) is 4.70. The maximum atomic E-state index is 12.6. The number of rotatable bonds is 4. The Morgan fingerprint density at radius 2 is 1.89 bits per heavy atom. The van der Waals surface area contributed by atoms with Gasteiger partial charge in [0.05, 0.1) is 33.5 Å². The normalized spacial score (nSPS) is 10.7. The molecule has 0 saturated carbocycles. The van der Waals surface area contributed by atoms with Crippen molar-refractivity contribution in [3.05, 3.63) is 77.2 Å². The number of nitrogens with one attached hydrogen (secondary N) is 2. The molecule has 0 atom stereocenters. The number of aryl methyl sites for hydroxylation is 1. The van der Waals surface area contributed by atoms with Crippen molar-refractivity contribution in [1.82, 2.24) is 4.98 Å². The van der Waals surface area contributed by atoms with Gasteiger partial charge in [-0.05, 0) is 42.8 Å². The highest BCUT2D eigenvalue weighted by atomic mass is 32.1. The van der Waals surface area contributed by atoms with Crippen molar-refractivity contribution >= 4 is 44.7 Å². The van der Waals surface area contributed by atoms with Gasteiger partial charge in [-0.2, -0.15) is 0 Å². The fourth-order valence-electron chi connectivity index (χ4n) is 2.68. The average molecular weight is 377 g/mol. The molecule has 3 aromatic heterocycles. The van der Waals surface area contributed by atoms with Crippen LogP contribution in [-0.2, 0) is 0 Å². The maximum Gasteiger partial charge on any atom is 0.291 e. The number of aromatic nitrogens is 1. The zero-order chi connectivity index (χ0) is 18.8. The van der Waals surface area contributed by atoms with Gasteiger partial charge in [-0.1, -0.05) is 18.2 Å². The SMILES string of the molecule is Cc1cc(NC(=O)c2ccco2)sc1C(=O)Nc1cnc2ccccc2c1. The highest BCUT2D eigenvalue weighted by Crippen LogP contribution is 2.28. The molecular weight excluding hydrogens is 362 g/mol. The van der Waals surface area contributed by atoms with Crippen LogP contribution in [0.15, 0.2) is 65.4 Å². The van der Waals surface area contributed by atoms with Crippen molar-refractivity contribution in [2.75, 3.05) is 10.6 Å². The van der Waals surface area contributed by atoms with Crippen LogP contribution in [-0.4, -0.2) is 16.8 Å². The number of fused-ring (bicyclic) bond motifs is 1. The van der Waals surface area contributed by atoms with Crippen LogP contribution >= 0.6 is 11.3 Å². The van der Waals surface area contributed by atoms with E-state index in [-0.39, 0.29) is 17.6 Å². The van der Waals surface area contributed by atoms with E-state index >= 15 is 0 Å². The number of nitrogens with zero attached hydrogens (tertiary/aromatic N) is 1. The van der Waals surface area contributed by atoms with Crippen molar-refractivity contribution in [3.63, 3.8) is 0 Å². The first-order valence-electron chi connectivity index (χ1n) is 8.21. The largest absolute Gasteiger partial charge is 0.459 e. The second kappa shape index (κ2) is 7.05. The summed E-state index contributed by atoms with van der Waals surface area (Å²) < 4.78 is 5.07. The molecule has 0 aliphatic heterocycles. The van der Waals surface area contributed by atoms with Gasteiger partial charge in [-0.25, -0.2) is 0 Å². The van der Waals surface area contributed by atoms with Crippen molar-refractivity contribution < 1.29 is 14.0 Å². The van der Waals surface area contributed by atoms with Crippen molar-refractivity contribution in [2.45, 2.75) is 6.92 Å². The van der Waals surface area contributed by atoms with Gasteiger partial charge < -0.3 is 15.1 Å². The van der Waals surface area contributed by atoms with Gasteiger partial charge in [0.1, 0.15) is 0 Å². The maximum absolute atomic E-state index is 12.6. The first-order valence-corrected chi connectivity index (χ1v) is 9.03. The Balaban J connectivity index is 1.51. The van der Waals surface area contributed by atoms with Crippen LogP contribution < -0.4 is 10.6 Å². The first kappa shape index (κ1) is 17.0. The number of carbonyl (C=O) groups excluding carboxylic acids is 2. The molecule has 1 aromatic carbocycles. The minimum Gasteiger partial charge on any atom is -0.459 e. The third kappa shape index (κ3) is 3.58. The molecule has 0 unspecified atom stereocenters. The standard InChI is InChI=1S/C20H15N3O3S/c1-12-9-17(23-19(24)16-7-4-8-26-16)27-18(12)20(25)22-14-10-13-5-2-3-6-15(13)21-11-14/h2-11H,1H3,(H,22,25)(H,23,24). The summed E-state index contributed by atoms with van der Waals surface area (Å²) in [6, 6.07) is 14.6. The monoisotopic (exact) mass is 377 g/mol. The zero-order valence-electron chi connectivity index (χ0n) is 14.4. The van der Waals surface area contributed by atoms with E-state index in [0.29, 0.717) is 15.6 Å². The fraction of sp³-hybridized carbons (Fsp3) is 0.0500. The number of benzene rings is 1. The second-order valence-electron chi connectivity index (χ2n) is 5.93. The number of hydrogen-bond acceptors (Lipinski definition) is 5. The van der Waals surface area contributed by atoms with E-state index in [1.54, 1.807) is 24.4 Å². The molecule has 0 bridgehead atoms. The van der Waals surface area contributed by atoms with Crippen molar-refractivity contribution in [3.8, 4) is 0 Å². The molecule has 134 valence electrons. The summed E-state index contributed by atoms with van der Waals surface area (Å²) >= 11 is 1.21. The molecule has 3 heterocycles. The lowest BCUT2D eigenvalue weighted by Crippen LogP contribution is -2.11. The molecule has 2 N–H and O–H groups in total. The molecule has 0 radical (unpaired) electrons. The quantitative estimate of drug-likeness (QED) is 0.540. The number of para-hydroxylation sites is 1. The van der Waals surface area contributed by atoms with Crippen LogP contribution in [0.5, 0.6) is 0 Å². The van der Waals surface area contributed by atoms with Gasteiger partial charge in [0.15, 0.2) is 5.76 Å². The average Bonchev–Trinajstić information content (AvgIpc) is 3.31. The van der Waals surface area contributed by atoms with E-state index in [2.05, 4.69) is 15.6 Å². The third-order valence-corrected chi connectivity index (χ3v) is 5.11. The smallest absolute Gasteiger partial charge is 0.291 e.